The van der Waals surface area contributed by atoms with E-state index in [4.69, 9.17) is 9.97 Å². The second kappa shape index (κ2) is 13.8. The number of nitrogens with zero attached hydrogens (tertiary/aromatic N) is 4. The summed E-state index contributed by atoms with van der Waals surface area (Å²) in [6.07, 6.45) is 1.82. The van der Waals surface area contributed by atoms with Crippen molar-refractivity contribution in [3.8, 4) is 33.6 Å². The molecule has 0 radical (unpaired) electrons. The second-order valence-electron chi connectivity index (χ2n) is 14.4. The molecule has 274 valence electrons. The van der Waals surface area contributed by atoms with Gasteiger partial charge in [-0.15, -0.1) is 0 Å². The number of aromatic nitrogens is 4. The van der Waals surface area contributed by atoms with E-state index < -0.39 is 0 Å². The molecule has 7 heteroatoms. The van der Waals surface area contributed by atoms with Crippen LogP contribution >= 0.6 is 39.5 Å². The van der Waals surface area contributed by atoms with E-state index in [0.29, 0.717) is 0 Å². The number of halogens is 1. The minimum Gasteiger partial charge on any atom is -0.294 e. The first-order valence-electron chi connectivity index (χ1n) is 19.4. The fourth-order valence-corrected chi connectivity index (χ4v) is 11.2. The molecule has 0 atom stereocenters. The molecule has 0 N–H and O–H groups in total. The zero-order valence-electron chi connectivity index (χ0n) is 31.3. The van der Waals surface area contributed by atoms with Gasteiger partial charge in [0.15, 0.2) is 0 Å². The third kappa shape index (κ3) is 5.51. The van der Waals surface area contributed by atoms with Crippen LogP contribution in [0.25, 0.3) is 77.2 Å². The lowest BCUT2D eigenvalue weighted by Crippen LogP contribution is -2.06. The Morgan fingerprint density at radius 1 is 0.456 bits per heavy atom. The third-order valence-electron chi connectivity index (χ3n) is 11.1. The maximum Gasteiger partial charge on any atom is 0.114 e. The maximum atomic E-state index is 5.00. The maximum absolute atomic E-state index is 5.00. The molecule has 2 aliphatic rings. The van der Waals surface area contributed by atoms with Crippen molar-refractivity contribution < 1.29 is 0 Å². The van der Waals surface area contributed by atoms with Gasteiger partial charge in [0.05, 0.1) is 33.4 Å². The van der Waals surface area contributed by atoms with Crippen LogP contribution in [0.1, 0.15) is 25.5 Å². The lowest BCUT2D eigenvalue weighted by atomic mass is 9.86. The van der Waals surface area contributed by atoms with Crippen LogP contribution in [0, 0.1) is 0 Å². The topological polar surface area (TPSA) is 35.6 Å². The Balaban J connectivity index is 0.000000165. The normalized spacial score (nSPS) is 12.5. The number of benzene rings is 8. The Hall–Kier alpha value is -5.60. The number of fused-ring (bicyclic) bond motifs is 6. The van der Waals surface area contributed by atoms with Crippen LogP contribution in [0.4, 0.5) is 0 Å². The van der Waals surface area contributed by atoms with E-state index in [0.717, 1.165) is 40.0 Å². The Labute approximate surface area is 347 Å². The van der Waals surface area contributed by atoms with Crippen molar-refractivity contribution in [1.29, 1.82) is 0 Å². The summed E-state index contributed by atoms with van der Waals surface area (Å²) in [6, 6.07) is 54.8. The lowest BCUT2D eigenvalue weighted by molar-refractivity contribution is 0.887. The molecular weight excluding hydrogens is 801 g/mol. The fraction of sp³-hybridized carbons (Fsp3) is 0.0800. The van der Waals surface area contributed by atoms with E-state index in [9.17, 15) is 0 Å². The molecule has 2 aromatic heterocycles. The Morgan fingerprint density at radius 3 is 1.46 bits per heavy atom. The summed E-state index contributed by atoms with van der Waals surface area (Å²) in [5, 5.41) is 5.12. The molecular formula is C50H35BrN4S2. The minimum atomic E-state index is 0.889. The predicted octanol–water partition coefficient (Wildman–Crippen LogP) is 14.5. The van der Waals surface area contributed by atoms with E-state index in [-0.39, 0.29) is 0 Å². The van der Waals surface area contributed by atoms with Crippen LogP contribution in [0.5, 0.6) is 0 Å². The van der Waals surface area contributed by atoms with Crippen LogP contribution in [0.2, 0.25) is 0 Å². The smallest absolute Gasteiger partial charge is 0.114 e. The van der Waals surface area contributed by atoms with Crippen LogP contribution in [0.15, 0.2) is 176 Å². The number of imidazole rings is 2. The SMILES string of the molecule is CCc1nc2cccc3c2n1-c1cc(-c2c4ccccc4c(-c4ccccc4)c4ccccc24)ccc1S3.CCc1nc2cccc3c2n1-c1cc(Br)ccc1S3. The summed E-state index contributed by atoms with van der Waals surface area (Å²) in [4.78, 5) is 14.9. The monoisotopic (exact) mass is 834 g/mol. The van der Waals surface area contributed by atoms with E-state index >= 15 is 0 Å². The number of aryl methyl sites for hydroxylation is 2. The van der Waals surface area contributed by atoms with E-state index in [1.54, 1.807) is 0 Å². The van der Waals surface area contributed by atoms with Gasteiger partial charge in [-0.2, -0.15) is 0 Å². The molecule has 2 aliphatic heterocycles. The molecule has 57 heavy (non-hydrogen) atoms. The fourth-order valence-electron chi connectivity index (χ4n) is 8.72. The average Bonchev–Trinajstić information content (AvgIpc) is 3.84. The first kappa shape index (κ1) is 34.6. The summed E-state index contributed by atoms with van der Waals surface area (Å²) in [5.74, 6) is 2.24. The molecule has 4 nitrogen and oxygen atoms in total. The number of hydrogen-bond acceptors (Lipinski definition) is 4. The molecule has 0 unspecified atom stereocenters. The van der Waals surface area contributed by atoms with Crippen LogP contribution in [-0.4, -0.2) is 19.1 Å². The summed E-state index contributed by atoms with van der Waals surface area (Å²) >= 11 is 7.24. The third-order valence-corrected chi connectivity index (χ3v) is 13.9. The molecule has 8 aromatic carbocycles. The highest BCUT2D eigenvalue weighted by Crippen LogP contribution is 2.48. The van der Waals surface area contributed by atoms with Gasteiger partial charge in [-0.05, 0) is 98.4 Å². The molecule has 10 aromatic rings. The summed E-state index contributed by atoms with van der Waals surface area (Å²) < 4.78 is 5.80. The zero-order chi connectivity index (χ0) is 38.2. The number of para-hydroxylation sites is 2. The molecule has 0 bridgehead atoms. The van der Waals surface area contributed by atoms with Crippen molar-refractivity contribution in [3.05, 3.63) is 168 Å². The number of hydrogen-bond donors (Lipinski definition) is 0. The lowest BCUT2D eigenvalue weighted by Gasteiger charge is -2.22. The molecule has 0 saturated carbocycles. The van der Waals surface area contributed by atoms with Crippen molar-refractivity contribution in [2.75, 3.05) is 0 Å². The van der Waals surface area contributed by atoms with Gasteiger partial charge in [0.25, 0.3) is 0 Å². The largest absolute Gasteiger partial charge is 0.294 e. The Kier molecular flexibility index (Phi) is 8.39. The number of rotatable bonds is 4. The first-order chi connectivity index (χ1) is 28.1. The molecule has 0 aliphatic carbocycles. The molecule has 0 fully saturated rings. The van der Waals surface area contributed by atoms with E-state index in [1.807, 2.05) is 23.5 Å². The highest BCUT2D eigenvalue weighted by atomic mass is 79.9. The van der Waals surface area contributed by atoms with Gasteiger partial charge >= 0.3 is 0 Å². The van der Waals surface area contributed by atoms with E-state index in [2.05, 4.69) is 191 Å². The van der Waals surface area contributed by atoms with Gasteiger partial charge < -0.3 is 0 Å². The Bertz CT molecular complexity index is 3180. The summed E-state index contributed by atoms with van der Waals surface area (Å²) in [6.45, 7) is 4.35. The predicted molar refractivity (Wildman–Crippen MR) is 243 cm³/mol. The van der Waals surface area contributed by atoms with Crippen molar-refractivity contribution >= 4 is 83.1 Å². The molecule has 0 spiro atoms. The highest BCUT2D eigenvalue weighted by molar-refractivity contribution is 9.10. The first-order valence-corrected chi connectivity index (χ1v) is 21.8. The zero-order valence-corrected chi connectivity index (χ0v) is 34.6. The molecule has 0 saturated heterocycles. The summed E-state index contributed by atoms with van der Waals surface area (Å²) in [5.41, 5.74) is 12.2. The summed E-state index contributed by atoms with van der Waals surface area (Å²) in [7, 11) is 0. The van der Waals surface area contributed by atoms with Crippen molar-refractivity contribution in [2.24, 2.45) is 0 Å². The van der Waals surface area contributed by atoms with Gasteiger partial charge in [-0.1, -0.05) is 150 Å². The van der Waals surface area contributed by atoms with Gasteiger partial charge in [0.2, 0.25) is 0 Å². The van der Waals surface area contributed by atoms with Crippen LogP contribution in [-0.2, 0) is 12.8 Å². The Morgan fingerprint density at radius 2 is 0.930 bits per heavy atom. The molecule has 4 heterocycles. The molecule has 0 amide bonds. The second-order valence-corrected chi connectivity index (χ2v) is 17.5. The van der Waals surface area contributed by atoms with Gasteiger partial charge in [0.1, 0.15) is 11.6 Å². The van der Waals surface area contributed by atoms with Gasteiger partial charge in [-0.3, -0.25) is 9.13 Å². The van der Waals surface area contributed by atoms with Crippen LogP contribution in [0.3, 0.4) is 0 Å². The minimum absolute atomic E-state index is 0.889. The molecule has 12 rings (SSSR count). The van der Waals surface area contributed by atoms with E-state index in [1.165, 1.54) is 85.8 Å². The van der Waals surface area contributed by atoms with Gasteiger partial charge in [0, 0.05) is 36.9 Å². The van der Waals surface area contributed by atoms with Gasteiger partial charge in [-0.25, -0.2) is 9.97 Å². The van der Waals surface area contributed by atoms with Crippen molar-refractivity contribution in [2.45, 2.75) is 46.3 Å². The quantitative estimate of drug-likeness (QED) is 0.165. The average molecular weight is 836 g/mol. The van der Waals surface area contributed by atoms with Crippen molar-refractivity contribution in [1.82, 2.24) is 19.1 Å². The van der Waals surface area contributed by atoms with Crippen LogP contribution < -0.4 is 0 Å². The highest BCUT2D eigenvalue weighted by Gasteiger charge is 2.25. The standard InChI is InChI=1S/C35H24N2S.C15H11BrN2S/c1-2-32-36-28-17-10-18-31-35(28)37(32)29-21-23(19-20-30(29)38-31)34-26-15-8-6-13-24(26)33(22-11-4-3-5-12-22)25-14-7-9-16-27(25)34;1-2-14-17-10-4-3-5-13-15(10)18(14)11-8-9(16)6-7-12(11)19-13/h3-21H,2H2,1H3;3-8H,2H2,1H3. The van der Waals surface area contributed by atoms with Crippen molar-refractivity contribution in [3.63, 3.8) is 0 Å².